The molecule has 18 nitrogen and oxygen atoms in total. The molecule has 0 atom stereocenters. The lowest BCUT2D eigenvalue weighted by atomic mass is 10.0. The summed E-state index contributed by atoms with van der Waals surface area (Å²) in [5.41, 5.74) is 16.7. The Bertz CT molecular complexity index is 4180. The van der Waals surface area contributed by atoms with Gasteiger partial charge in [0, 0.05) is 122 Å². The molecule has 0 spiro atoms. The molecule has 0 saturated carbocycles. The highest BCUT2D eigenvalue weighted by molar-refractivity contribution is 6.00. The van der Waals surface area contributed by atoms with E-state index in [2.05, 4.69) is 119 Å². The number of fused-ring (bicyclic) bond motifs is 4. The Morgan fingerprint density at radius 3 is 1.47 bits per heavy atom. The number of aromatic nitrogens is 12. The molecule has 4 aromatic carbocycles. The second-order valence-electron chi connectivity index (χ2n) is 20.6. The van der Waals surface area contributed by atoms with E-state index in [9.17, 15) is 8.78 Å². The SMILES string of the molecule is CCNCc1cncc(-c2ccc3[nH]nc(-c4nc5c(-c6cc(F)cc(NCCN(C)C)c6)cncc5[nH]4)c3c2)c1.CN(C)CCNc1cc(F)cc(-c2cncc3[nH]c(-c4n[nH]c5ccc(-c6cncc(N(C)C)c6)cc45)nc23)c1. The molecule has 0 aliphatic heterocycles. The summed E-state index contributed by atoms with van der Waals surface area (Å²) in [5, 5.41) is 27.2. The summed E-state index contributed by atoms with van der Waals surface area (Å²) < 4.78 is 29.3. The van der Waals surface area contributed by atoms with Gasteiger partial charge in [-0.1, -0.05) is 19.1 Å². The third kappa shape index (κ3) is 11.9. The summed E-state index contributed by atoms with van der Waals surface area (Å²) in [7, 11) is 12.0. The van der Waals surface area contributed by atoms with Crippen molar-refractivity contribution in [2.75, 3.05) is 90.5 Å². The lowest BCUT2D eigenvalue weighted by molar-refractivity contribution is 0.425. The first kappa shape index (κ1) is 53.5. The zero-order chi connectivity index (χ0) is 56.1. The van der Waals surface area contributed by atoms with Gasteiger partial charge >= 0.3 is 0 Å². The molecule has 0 amide bonds. The van der Waals surface area contributed by atoms with Crippen LogP contribution in [0.25, 0.3) is 111 Å². The van der Waals surface area contributed by atoms with Crippen molar-refractivity contribution < 1.29 is 8.78 Å². The first-order chi connectivity index (χ1) is 39.3. The number of pyridine rings is 4. The molecule has 12 aromatic rings. The van der Waals surface area contributed by atoms with Gasteiger partial charge in [-0.2, -0.15) is 10.2 Å². The number of hydrogen-bond acceptors (Lipinski definition) is 14. The summed E-state index contributed by atoms with van der Waals surface area (Å²) in [6.07, 6.45) is 14.3. The predicted octanol–water partition coefficient (Wildman–Crippen LogP) is 10.9. The van der Waals surface area contributed by atoms with Gasteiger partial charge in [-0.25, -0.2) is 18.7 Å². The van der Waals surface area contributed by atoms with Crippen LogP contribution in [-0.2, 0) is 6.54 Å². The Labute approximate surface area is 466 Å². The number of halogens is 2. The fourth-order valence-electron chi connectivity index (χ4n) is 9.64. The number of rotatable bonds is 18. The molecule has 0 aliphatic carbocycles. The molecule has 410 valence electrons. The molecule has 20 heteroatoms. The fourth-order valence-corrected chi connectivity index (χ4v) is 9.64. The van der Waals surface area contributed by atoms with E-state index in [0.29, 0.717) is 69.7 Å². The summed E-state index contributed by atoms with van der Waals surface area (Å²) in [5.74, 6) is 0.569. The zero-order valence-corrected chi connectivity index (χ0v) is 46.1. The summed E-state index contributed by atoms with van der Waals surface area (Å²) in [6.45, 7) is 6.83. The van der Waals surface area contributed by atoms with E-state index < -0.39 is 0 Å². The van der Waals surface area contributed by atoms with Crippen LogP contribution in [0, 0.1) is 11.6 Å². The van der Waals surface area contributed by atoms with Crippen LogP contribution in [0.4, 0.5) is 25.8 Å². The molecule has 0 unspecified atom stereocenters. The maximum Gasteiger partial charge on any atom is 0.159 e. The van der Waals surface area contributed by atoms with Gasteiger partial charge in [-0.3, -0.25) is 30.1 Å². The van der Waals surface area contributed by atoms with E-state index in [0.717, 1.165) is 104 Å². The van der Waals surface area contributed by atoms with Gasteiger partial charge in [-0.15, -0.1) is 0 Å². The van der Waals surface area contributed by atoms with E-state index in [1.165, 1.54) is 24.3 Å². The molecule has 0 bridgehead atoms. The van der Waals surface area contributed by atoms with Gasteiger partial charge in [0.15, 0.2) is 11.6 Å². The van der Waals surface area contributed by atoms with Crippen molar-refractivity contribution in [3.05, 3.63) is 152 Å². The van der Waals surface area contributed by atoms with Crippen LogP contribution >= 0.6 is 0 Å². The lowest BCUT2D eigenvalue weighted by Gasteiger charge is -2.13. The average molecular weight is 1090 g/mol. The zero-order valence-electron chi connectivity index (χ0n) is 46.1. The highest BCUT2D eigenvalue weighted by atomic mass is 19.1. The Balaban J connectivity index is 0.000000170. The molecule has 0 fully saturated rings. The number of anilines is 3. The third-order valence-corrected chi connectivity index (χ3v) is 13.8. The normalized spacial score (nSPS) is 11.6. The number of nitrogens with zero attached hydrogens (tertiary/aromatic N) is 11. The van der Waals surface area contributed by atoms with Crippen molar-refractivity contribution in [3.63, 3.8) is 0 Å². The number of aromatic amines is 4. The Morgan fingerprint density at radius 1 is 0.481 bits per heavy atom. The van der Waals surface area contributed by atoms with Gasteiger partial charge in [-0.05, 0) is 135 Å². The fraction of sp³-hybridized carbons (Fsp3) is 0.213. The van der Waals surface area contributed by atoms with Crippen molar-refractivity contribution in [1.29, 1.82) is 0 Å². The second kappa shape index (κ2) is 23.5. The van der Waals surface area contributed by atoms with Gasteiger partial charge in [0.1, 0.15) is 23.0 Å². The molecule has 12 rings (SSSR count). The van der Waals surface area contributed by atoms with Crippen LogP contribution in [0.5, 0.6) is 0 Å². The molecule has 0 radical (unpaired) electrons. The van der Waals surface area contributed by atoms with Crippen LogP contribution in [-0.4, -0.2) is 145 Å². The van der Waals surface area contributed by atoms with Crippen molar-refractivity contribution in [2.45, 2.75) is 13.5 Å². The monoisotopic (exact) mass is 1080 g/mol. The van der Waals surface area contributed by atoms with Crippen LogP contribution < -0.4 is 20.9 Å². The summed E-state index contributed by atoms with van der Waals surface area (Å²) >= 11 is 0. The van der Waals surface area contributed by atoms with Gasteiger partial charge in [0.25, 0.3) is 0 Å². The first-order valence-corrected chi connectivity index (χ1v) is 26.7. The van der Waals surface area contributed by atoms with Crippen molar-refractivity contribution in [2.24, 2.45) is 0 Å². The molecule has 8 heterocycles. The minimum Gasteiger partial charge on any atom is -0.384 e. The number of likely N-dealkylation sites (N-methyl/N-ethyl adjacent to an activating group) is 2. The summed E-state index contributed by atoms with van der Waals surface area (Å²) in [6, 6.07) is 26.5. The molecular formula is C61H62F2N18. The van der Waals surface area contributed by atoms with Crippen LogP contribution in [0.3, 0.4) is 0 Å². The Kier molecular flexibility index (Phi) is 15.5. The number of benzene rings is 4. The number of H-pyrrole nitrogens is 4. The highest BCUT2D eigenvalue weighted by Gasteiger charge is 2.20. The standard InChI is InChI=1S/C31H32FN9.C30H30FN9/c1-4-33-14-19-9-22(16-34-15-19)20-5-6-27-25(12-20)30(40-39-27)31-37-28-18-35-17-26(29(28)38-31)21-10-23(32)13-24(11-21)36-7-8-41(2)3;1-39(2)8-7-34-22-10-19(9-21(31)13-22)25-16-33-17-27-28(25)36-30(35-27)29-24-12-18(5-6-26(24)37-38-29)20-11-23(40(3)4)15-32-14-20/h5-6,9-13,15-18,33,36H,4,7-8,14H2,1-3H3,(H,37,38)(H,39,40);5-6,9-17,34H,7-8H2,1-4H3,(H,35,36)(H,37,38). The number of hydrogen-bond donors (Lipinski definition) is 7. The Morgan fingerprint density at radius 2 is 0.975 bits per heavy atom. The van der Waals surface area contributed by atoms with Crippen LogP contribution in [0.15, 0.2) is 135 Å². The molecular weight excluding hydrogens is 1020 g/mol. The third-order valence-electron chi connectivity index (χ3n) is 13.8. The predicted molar refractivity (Wildman–Crippen MR) is 321 cm³/mol. The number of imidazole rings is 2. The summed E-state index contributed by atoms with van der Waals surface area (Å²) in [4.78, 5) is 40.4. The minimum atomic E-state index is -0.323. The van der Waals surface area contributed by atoms with Crippen LogP contribution in [0.1, 0.15) is 12.5 Å². The van der Waals surface area contributed by atoms with E-state index in [4.69, 9.17) is 9.97 Å². The van der Waals surface area contributed by atoms with Crippen molar-refractivity contribution >= 4 is 60.9 Å². The van der Waals surface area contributed by atoms with Crippen LogP contribution in [0.2, 0.25) is 0 Å². The molecule has 8 aromatic heterocycles. The maximum absolute atomic E-state index is 14.6. The van der Waals surface area contributed by atoms with Gasteiger partial charge < -0.3 is 40.6 Å². The maximum atomic E-state index is 14.6. The minimum absolute atomic E-state index is 0.322. The molecule has 0 aliphatic rings. The highest BCUT2D eigenvalue weighted by Crippen LogP contribution is 2.37. The average Bonchev–Trinajstić information content (AvgIpc) is 4.50. The smallest absolute Gasteiger partial charge is 0.159 e. The van der Waals surface area contributed by atoms with E-state index in [1.54, 1.807) is 24.8 Å². The van der Waals surface area contributed by atoms with Crippen molar-refractivity contribution in [1.82, 2.24) is 75.4 Å². The number of nitrogens with one attached hydrogen (secondary N) is 7. The molecule has 81 heavy (non-hydrogen) atoms. The Hall–Kier alpha value is -9.50. The van der Waals surface area contributed by atoms with E-state index >= 15 is 0 Å². The second-order valence-corrected chi connectivity index (χ2v) is 20.6. The van der Waals surface area contributed by atoms with E-state index in [-0.39, 0.29) is 11.6 Å². The van der Waals surface area contributed by atoms with Gasteiger partial charge in [0.2, 0.25) is 0 Å². The van der Waals surface area contributed by atoms with Crippen molar-refractivity contribution in [3.8, 4) is 67.5 Å². The molecule has 7 N–H and O–H groups in total. The van der Waals surface area contributed by atoms with Gasteiger partial charge in [0.05, 0.1) is 57.4 Å². The topological polar surface area (TPSA) is 212 Å². The largest absolute Gasteiger partial charge is 0.384 e. The van der Waals surface area contributed by atoms with E-state index in [1.807, 2.05) is 96.2 Å². The molecule has 0 saturated heterocycles. The quantitative estimate of drug-likeness (QED) is 0.0426. The lowest BCUT2D eigenvalue weighted by Crippen LogP contribution is -2.20. The first-order valence-electron chi connectivity index (χ1n) is 26.7.